The standard InChI is InChI=1S/C14H16N2O3/c1-3-18-13-7-5-12(6-8-13)16-10-11(9-15-16)14(17)19-4-2/h5-10H,3-4H2,1-2H3. The Kier molecular flexibility index (Phi) is 4.18. The molecule has 0 unspecified atom stereocenters. The summed E-state index contributed by atoms with van der Waals surface area (Å²) in [6.45, 7) is 4.70. The van der Waals surface area contributed by atoms with Gasteiger partial charge in [0.05, 0.1) is 30.7 Å². The van der Waals surface area contributed by atoms with Crippen LogP contribution in [0.1, 0.15) is 24.2 Å². The van der Waals surface area contributed by atoms with E-state index in [0.29, 0.717) is 18.8 Å². The summed E-state index contributed by atoms with van der Waals surface area (Å²) >= 11 is 0. The number of ether oxygens (including phenoxy) is 2. The molecule has 0 N–H and O–H groups in total. The number of nitrogens with zero attached hydrogens (tertiary/aromatic N) is 2. The first-order valence-corrected chi connectivity index (χ1v) is 6.19. The number of hydrogen-bond acceptors (Lipinski definition) is 4. The molecule has 19 heavy (non-hydrogen) atoms. The van der Waals surface area contributed by atoms with Gasteiger partial charge in [0.2, 0.25) is 0 Å². The van der Waals surface area contributed by atoms with Crippen molar-refractivity contribution in [3.8, 4) is 11.4 Å². The fourth-order valence-corrected chi connectivity index (χ4v) is 1.65. The van der Waals surface area contributed by atoms with Crippen LogP contribution in [0, 0.1) is 0 Å². The molecule has 5 nitrogen and oxygen atoms in total. The lowest BCUT2D eigenvalue weighted by molar-refractivity contribution is 0.0526. The maximum Gasteiger partial charge on any atom is 0.341 e. The number of rotatable bonds is 5. The minimum Gasteiger partial charge on any atom is -0.494 e. The highest BCUT2D eigenvalue weighted by molar-refractivity contribution is 5.88. The van der Waals surface area contributed by atoms with Gasteiger partial charge in [0.15, 0.2) is 0 Å². The van der Waals surface area contributed by atoms with E-state index in [4.69, 9.17) is 9.47 Å². The molecule has 100 valence electrons. The van der Waals surface area contributed by atoms with Gasteiger partial charge in [-0.1, -0.05) is 0 Å². The summed E-state index contributed by atoms with van der Waals surface area (Å²) in [5.74, 6) is 0.448. The molecule has 0 atom stereocenters. The van der Waals surface area contributed by atoms with Crippen LogP contribution in [0.15, 0.2) is 36.7 Å². The molecule has 1 heterocycles. The fourth-order valence-electron chi connectivity index (χ4n) is 1.65. The number of benzene rings is 1. The average molecular weight is 260 g/mol. The van der Waals surface area contributed by atoms with E-state index >= 15 is 0 Å². The third-order valence-electron chi connectivity index (χ3n) is 2.51. The van der Waals surface area contributed by atoms with Gasteiger partial charge in [-0.3, -0.25) is 0 Å². The van der Waals surface area contributed by atoms with Crippen molar-refractivity contribution in [1.29, 1.82) is 0 Å². The van der Waals surface area contributed by atoms with Crippen LogP contribution in [0.3, 0.4) is 0 Å². The van der Waals surface area contributed by atoms with Gasteiger partial charge in [0.1, 0.15) is 5.75 Å². The van der Waals surface area contributed by atoms with Crippen molar-refractivity contribution in [1.82, 2.24) is 9.78 Å². The molecule has 0 aliphatic rings. The Balaban J connectivity index is 2.15. The van der Waals surface area contributed by atoms with E-state index in [2.05, 4.69) is 5.10 Å². The lowest BCUT2D eigenvalue weighted by Crippen LogP contribution is -2.03. The molecule has 0 fully saturated rings. The van der Waals surface area contributed by atoms with Crippen LogP contribution >= 0.6 is 0 Å². The van der Waals surface area contributed by atoms with Crippen molar-refractivity contribution < 1.29 is 14.3 Å². The van der Waals surface area contributed by atoms with Gasteiger partial charge in [-0.05, 0) is 38.1 Å². The second kappa shape index (κ2) is 6.04. The van der Waals surface area contributed by atoms with Crippen molar-refractivity contribution in [2.24, 2.45) is 0 Å². The maximum absolute atomic E-state index is 11.5. The molecule has 0 aliphatic heterocycles. The Labute approximate surface area is 111 Å². The van der Waals surface area contributed by atoms with Gasteiger partial charge in [-0.25, -0.2) is 9.48 Å². The third-order valence-corrected chi connectivity index (χ3v) is 2.51. The first kappa shape index (κ1) is 13.1. The molecular formula is C14H16N2O3. The highest BCUT2D eigenvalue weighted by atomic mass is 16.5. The Morgan fingerprint density at radius 1 is 1.21 bits per heavy atom. The first-order valence-electron chi connectivity index (χ1n) is 6.19. The summed E-state index contributed by atoms with van der Waals surface area (Å²) in [6.07, 6.45) is 3.14. The molecule has 0 aliphatic carbocycles. The van der Waals surface area contributed by atoms with E-state index in [1.54, 1.807) is 17.8 Å². The van der Waals surface area contributed by atoms with Crippen LogP contribution in [0.5, 0.6) is 5.75 Å². The van der Waals surface area contributed by atoms with Crippen LogP contribution in [-0.4, -0.2) is 29.0 Å². The van der Waals surface area contributed by atoms with Gasteiger partial charge in [-0.15, -0.1) is 0 Å². The minimum atomic E-state index is -0.361. The summed E-state index contributed by atoms with van der Waals surface area (Å²) in [4.78, 5) is 11.5. The van der Waals surface area contributed by atoms with Gasteiger partial charge in [-0.2, -0.15) is 5.10 Å². The molecule has 2 rings (SSSR count). The van der Waals surface area contributed by atoms with E-state index in [9.17, 15) is 4.79 Å². The van der Waals surface area contributed by atoms with Crippen LogP contribution in [0.4, 0.5) is 0 Å². The molecule has 2 aromatic rings. The number of aromatic nitrogens is 2. The second-order valence-electron chi connectivity index (χ2n) is 3.82. The molecule has 5 heteroatoms. The van der Waals surface area contributed by atoms with Crippen molar-refractivity contribution in [2.75, 3.05) is 13.2 Å². The zero-order chi connectivity index (χ0) is 13.7. The van der Waals surface area contributed by atoms with Crippen molar-refractivity contribution >= 4 is 5.97 Å². The average Bonchev–Trinajstić information content (AvgIpc) is 2.90. The molecule has 1 aromatic carbocycles. The number of esters is 1. The number of carbonyl (C=O) groups excluding carboxylic acids is 1. The van der Waals surface area contributed by atoms with Gasteiger partial charge < -0.3 is 9.47 Å². The maximum atomic E-state index is 11.5. The van der Waals surface area contributed by atoms with Crippen molar-refractivity contribution in [3.05, 3.63) is 42.2 Å². The number of carbonyl (C=O) groups is 1. The zero-order valence-corrected chi connectivity index (χ0v) is 11.0. The summed E-state index contributed by atoms with van der Waals surface area (Å²) in [5, 5.41) is 4.14. The summed E-state index contributed by atoms with van der Waals surface area (Å²) in [6, 6.07) is 7.49. The molecular weight excluding hydrogens is 244 g/mol. The molecule has 0 spiro atoms. The van der Waals surface area contributed by atoms with E-state index in [0.717, 1.165) is 11.4 Å². The largest absolute Gasteiger partial charge is 0.494 e. The molecule has 0 radical (unpaired) electrons. The molecule has 0 saturated heterocycles. The molecule has 0 saturated carbocycles. The van der Waals surface area contributed by atoms with Crippen LogP contribution in [0.25, 0.3) is 5.69 Å². The molecule has 0 amide bonds. The van der Waals surface area contributed by atoms with E-state index in [1.165, 1.54) is 6.20 Å². The van der Waals surface area contributed by atoms with Crippen LogP contribution in [-0.2, 0) is 4.74 Å². The van der Waals surface area contributed by atoms with Gasteiger partial charge in [0, 0.05) is 6.20 Å². The first-order chi connectivity index (χ1) is 9.24. The summed E-state index contributed by atoms with van der Waals surface area (Å²) in [5.41, 5.74) is 1.30. The van der Waals surface area contributed by atoms with Crippen LogP contribution in [0.2, 0.25) is 0 Å². The Morgan fingerprint density at radius 3 is 2.58 bits per heavy atom. The second-order valence-corrected chi connectivity index (χ2v) is 3.82. The molecule has 1 aromatic heterocycles. The summed E-state index contributed by atoms with van der Waals surface area (Å²) < 4.78 is 11.9. The lowest BCUT2D eigenvalue weighted by Gasteiger charge is -2.04. The van der Waals surface area contributed by atoms with Crippen molar-refractivity contribution in [3.63, 3.8) is 0 Å². The smallest absolute Gasteiger partial charge is 0.341 e. The minimum absolute atomic E-state index is 0.354. The van der Waals surface area contributed by atoms with Gasteiger partial charge >= 0.3 is 5.97 Å². The fraction of sp³-hybridized carbons (Fsp3) is 0.286. The normalized spacial score (nSPS) is 10.2. The highest BCUT2D eigenvalue weighted by Crippen LogP contribution is 2.15. The third kappa shape index (κ3) is 3.13. The predicted molar refractivity (Wildman–Crippen MR) is 70.7 cm³/mol. The van der Waals surface area contributed by atoms with Crippen molar-refractivity contribution in [2.45, 2.75) is 13.8 Å². The Hall–Kier alpha value is -2.30. The van der Waals surface area contributed by atoms with Gasteiger partial charge in [0.25, 0.3) is 0 Å². The van der Waals surface area contributed by atoms with E-state index < -0.39 is 0 Å². The summed E-state index contributed by atoms with van der Waals surface area (Å²) in [7, 11) is 0. The van der Waals surface area contributed by atoms with E-state index in [1.807, 2.05) is 31.2 Å². The highest BCUT2D eigenvalue weighted by Gasteiger charge is 2.09. The lowest BCUT2D eigenvalue weighted by atomic mass is 10.3. The SMILES string of the molecule is CCOC(=O)c1cnn(-c2ccc(OCC)cc2)c1. The van der Waals surface area contributed by atoms with Crippen LogP contribution < -0.4 is 4.74 Å². The monoisotopic (exact) mass is 260 g/mol. The topological polar surface area (TPSA) is 53.3 Å². The number of hydrogen-bond donors (Lipinski definition) is 0. The molecule has 0 bridgehead atoms. The Morgan fingerprint density at radius 2 is 1.95 bits per heavy atom. The quantitative estimate of drug-likeness (QED) is 0.775. The Bertz CT molecular complexity index is 546. The van der Waals surface area contributed by atoms with E-state index in [-0.39, 0.29) is 5.97 Å². The predicted octanol–water partition coefficient (Wildman–Crippen LogP) is 2.45. The zero-order valence-electron chi connectivity index (χ0n) is 11.0.